The van der Waals surface area contributed by atoms with Gasteiger partial charge in [-0.3, -0.25) is 14.5 Å². The molecule has 1 aliphatic rings. The van der Waals surface area contributed by atoms with E-state index in [-0.39, 0.29) is 17.7 Å². The Morgan fingerprint density at radius 3 is 2.73 bits per heavy atom. The van der Waals surface area contributed by atoms with Crippen LogP contribution in [-0.2, 0) is 16.9 Å². The van der Waals surface area contributed by atoms with Gasteiger partial charge >= 0.3 is 0 Å². The predicted octanol–water partition coefficient (Wildman–Crippen LogP) is 1.99. The van der Waals surface area contributed by atoms with Crippen molar-refractivity contribution in [1.82, 2.24) is 39.4 Å². The monoisotopic (exact) mass is 511 g/mol. The number of aliphatic hydroxyl groups is 1. The molecule has 12 nitrogen and oxygen atoms in total. The maximum atomic E-state index is 12.7. The van der Waals surface area contributed by atoms with Gasteiger partial charge in [-0.1, -0.05) is 0 Å². The van der Waals surface area contributed by atoms with Crippen molar-refractivity contribution in [2.45, 2.75) is 25.0 Å². The minimum atomic E-state index is -2.57. The van der Waals surface area contributed by atoms with Gasteiger partial charge in [0.15, 0.2) is 11.4 Å². The third-order valence-corrected chi connectivity index (χ3v) is 5.97. The number of carbonyl (C=O) groups is 1. The summed E-state index contributed by atoms with van der Waals surface area (Å²) in [6.07, 6.45) is 3.83. The van der Waals surface area contributed by atoms with Crippen LogP contribution in [-0.4, -0.2) is 77.6 Å². The van der Waals surface area contributed by atoms with E-state index < -0.39 is 18.6 Å². The van der Waals surface area contributed by atoms with E-state index in [1.807, 2.05) is 0 Å². The number of methoxy groups -OCH3 is 1. The van der Waals surface area contributed by atoms with Crippen molar-refractivity contribution in [2.75, 3.05) is 26.0 Å². The first-order chi connectivity index (χ1) is 17.8. The molecule has 14 heteroatoms. The normalized spacial score (nSPS) is 17.6. The molecule has 1 saturated heterocycles. The molecule has 4 aromatic heterocycles. The van der Waals surface area contributed by atoms with Gasteiger partial charge in [-0.15, -0.1) is 5.10 Å². The van der Waals surface area contributed by atoms with Crippen LogP contribution in [0.4, 0.5) is 20.4 Å². The summed E-state index contributed by atoms with van der Waals surface area (Å²) in [7, 11) is 3.03. The highest BCUT2D eigenvalue weighted by atomic mass is 19.3. The van der Waals surface area contributed by atoms with Crippen molar-refractivity contribution < 1.29 is 23.4 Å². The number of likely N-dealkylation sites (tertiary alicyclic amines) is 1. The number of hydrogen-bond donors (Lipinski definition) is 2. The number of likely N-dealkylation sites (N-methyl/N-ethyl adjacent to an activating group) is 1. The van der Waals surface area contributed by atoms with E-state index in [2.05, 4.69) is 30.5 Å². The van der Waals surface area contributed by atoms with Gasteiger partial charge in [-0.05, 0) is 23.8 Å². The van der Waals surface area contributed by atoms with Gasteiger partial charge in [-0.2, -0.15) is 10.1 Å². The highest BCUT2D eigenvalue weighted by Gasteiger charge is 2.45. The van der Waals surface area contributed by atoms with Gasteiger partial charge in [0.05, 0.1) is 19.0 Å². The van der Waals surface area contributed by atoms with Crippen molar-refractivity contribution in [3.8, 4) is 23.1 Å². The molecule has 192 valence electrons. The Bertz CT molecular complexity index is 1440. The highest BCUT2D eigenvalue weighted by molar-refractivity contribution is 5.88. The molecule has 0 bridgehead atoms. The lowest BCUT2D eigenvalue weighted by molar-refractivity contribution is -0.143. The number of hydrogen-bond acceptors (Lipinski definition) is 9. The topological polar surface area (TPSA) is 136 Å². The van der Waals surface area contributed by atoms with Crippen LogP contribution in [0, 0.1) is 0 Å². The number of alkyl halides is 2. The van der Waals surface area contributed by atoms with Crippen LogP contribution in [0.15, 0.2) is 49.1 Å². The number of aromatic nitrogens is 7. The van der Waals surface area contributed by atoms with Crippen LogP contribution < -0.4 is 10.1 Å². The number of amides is 1. The lowest BCUT2D eigenvalue weighted by Crippen LogP contribution is -2.36. The molecule has 1 fully saturated rings. The Morgan fingerprint density at radius 1 is 1.19 bits per heavy atom. The molecule has 0 saturated carbocycles. The lowest BCUT2D eigenvalue weighted by atomic mass is 9.92. The third-order valence-electron chi connectivity index (χ3n) is 5.97. The Hall–Kier alpha value is -4.46. The number of pyridine rings is 1. The van der Waals surface area contributed by atoms with Gasteiger partial charge in [0.2, 0.25) is 5.95 Å². The van der Waals surface area contributed by atoms with Crippen molar-refractivity contribution in [3.05, 3.63) is 54.6 Å². The fourth-order valence-electron chi connectivity index (χ4n) is 4.07. The van der Waals surface area contributed by atoms with Crippen LogP contribution in [0.2, 0.25) is 0 Å². The summed E-state index contributed by atoms with van der Waals surface area (Å²) in [6, 6.07) is 6.64. The fourth-order valence-corrected chi connectivity index (χ4v) is 4.07. The lowest BCUT2D eigenvalue weighted by Gasteiger charge is -2.21. The molecule has 2 N–H and O–H groups in total. The van der Waals surface area contributed by atoms with E-state index in [4.69, 9.17) is 4.74 Å². The van der Waals surface area contributed by atoms with E-state index in [1.165, 1.54) is 35.3 Å². The first-order valence-corrected chi connectivity index (χ1v) is 11.3. The average Bonchev–Trinajstić information content (AvgIpc) is 3.59. The van der Waals surface area contributed by atoms with Gasteiger partial charge in [0.1, 0.15) is 17.9 Å². The van der Waals surface area contributed by atoms with E-state index >= 15 is 0 Å². The van der Waals surface area contributed by atoms with Crippen molar-refractivity contribution in [3.63, 3.8) is 0 Å². The Labute approximate surface area is 209 Å². The van der Waals surface area contributed by atoms with Crippen LogP contribution in [0.3, 0.4) is 0 Å². The Morgan fingerprint density at radius 2 is 2.00 bits per heavy atom. The summed E-state index contributed by atoms with van der Waals surface area (Å²) in [5.41, 5.74) is 0.179. The second kappa shape index (κ2) is 9.54. The van der Waals surface area contributed by atoms with Crippen molar-refractivity contribution in [2.24, 2.45) is 0 Å². The first-order valence-electron chi connectivity index (χ1n) is 11.3. The number of carbonyl (C=O) groups excluding carboxylic acids is 1. The maximum Gasteiger partial charge on any atom is 0.258 e. The fraction of sp³-hybridized carbons (Fsp3) is 0.304. The smallest absolute Gasteiger partial charge is 0.258 e. The molecule has 0 radical (unpaired) electrons. The van der Waals surface area contributed by atoms with Gasteiger partial charge in [0, 0.05) is 44.7 Å². The second-order valence-electron chi connectivity index (χ2n) is 8.44. The second-order valence-corrected chi connectivity index (χ2v) is 8.44. The van der Waals surface area contributed by atoms with Crippen molar-refractivity contribution >= 4 is 17.5 Å². The minimum Gasteiger partial charge on any atom is -0.478 e. The first kappa shape index (κ1) is 24.2. The molecule has 5 heterocycles. The van der Waals surface area contributed by atoms with Gasteiger partial charge < -0.3 is 20.1 Å². The molecule has 0 aliphatic carbocycles. The number of nitrogens with one attached hydrogen (secondary N) is 1. The molecule has 1 aliphatic heterocycles. The molecule has 0 spiro atoms. The summed E-state index contributed by atoms with van der Waals surface area (Å²) in [5, 5.41) is 22.4. The van der Waals surface area contributed by atoms with E-state index in [1.54, 1.807) is 37.5 Å². The zero-order valence-electron chi connectivity index (χ0n) is 19.9. The minimum absolute atomic E-state index is 0.121. The van der Waals surface area contributed by atoms with Crippen LogP contribution >= 0.6 is 0 Å². The highest BCUT2D eigenvalue weighted by Crippen LogP contribution is 2.34. The largest absolute Gasteiger partial charge is 0.478 e. The van der Waals surface area contributed by atoms with E-state index in [0.29, 0.717) is 41.4 Å². The molecule has 1 amide bonds. The van der Waals surface area contributed by atoms with Crippen LogP contribution in [0.5, 0.6) is 5.88 Å². The molecule has 1 atom stereocenters. The third kappa shape index (κ3) is 4.70. The standard InChI is InChI=1S/C23H23F2N9O3/c1-32-10-6-23(36,21(32)35)14-3-7-26-16(11-14)15-5-9-34(30-15)19-4-8-27-22(29-19)28-17-12-33(13-18(24)25)31-20(17)37-2/h3-5,7-9,11-12,18,36H,6,10,13H2,1-2H3,(H,27,28,29). The number of rotatable bonds is 8. The number of nitrogens with zero attached hydrogens (tertiary/aromatic N) is 8. The number of anilines is 2. The van der Waals surface area contributed by atoms with E-state index in [0.717, 1.165) is 4.68 Å². The number of halogens is 2. The summed E-state index contributed by atoms with van der Waals surface area (Å²) in [5.74, 6) is 0.365. The summed E-state index contributed by atoms with van der Waals surface area (Å²) in [4.78, 5) is 26.9. The molecule has 1 unspecified atom stereocenters. The average molecular weight is 511 g/mol. The quantitative estimate of drug-likeness (QED) is 0.364. The van der Waals surface area contributed by atoms with Crippen LogP contribution in [0.1, 0.15) is 12.0 Å². The molecular formula is C23H23F2N9O3. The summed E-state index contributed by atoms with van der Waals surface area (Å²) < 4.78 is 33.2. The van der Waals surface area contributed by atoms with Gasteiger partial charge in [0.25, 0.3) is 18.2 Å². The zero-order valence-corrected chi connectivity index (χ0v) is 19.9. The molecule has 4 aromatic rings. The Kier molecular flexibility index (Phi) is 6.25. The predicted molar refractivity (Wildman–Crippen MR) is 127 cm³/mol. The maximum absolute atomic E-state index is 12.7. The summed E-state index contributed by atoms with van der Waals surface area (Å²) >= 11 is 0. The molecule has 5 rings (SSSR count). The molecule has 0 aromatic carbocycles. The molecular weight excluding hydrogens is 488 g/mol. The Balaban J connectivity index is 1.38. The zero-order chi connectivity index (χ0) is 26.2. The number of ether oxygens (including phenoxy) is 1. The molecule has 37 heavy (non-hydrogen) atoms. The van der Waals surface area contributed by atoms with Crippen molar-refractivity contribution in [1.29, 1.82) is 0 Å². The van der Waals surface area contributed by atoms with Crippen LogP contribution in [0.25, 0.3) is 17.2 Å². The summed E-state index contributed by atoms with van der Waals surface area (Å²) in [6.45, 7) is -0.114. The van der Waals surface area contributed by atoms with Gasteiger partial charge in [-0.25, -0.2) is 18.4 Å². The SMILES string of the molecule is COc1nn(CC(F)F)cc1Nc1nccc(-n2ccc(-c3cc(C4(O)CCN(C)C4=O)ccn3)n2)n1. The van der Waals surface area contributed by atoms with E-state index in [9.17, 15) is 18.7 Å².